The zero-order chi connectivity index (χ0) is 9.03. The summed E-state index contributed by atoms with van der Waals surface area (Å²) in [5.74, 6) is 1.84. The molecule has 0 spiro atoms. The van der Waals surface area contributed by atoms with E-state index in [9.17, 15) is 12.9 Å². The minimum atomic E-state index is -4.63. The van der Waals surface area contributed by atoms with Gasteiger partial charge in [0.1, 0.15) is 0 Å². The fourth-order valence-corrected chi connectivity index (χ4v) is 2.20. The van der Waals surface area contributed by atoms with Gasteiger partial charge in [-0.2, -0.15) is 11.8 Å². The van der Waals surface area contributed by atoms with Crippen molar-refractivity contribution in [1.29, 1.82) is 0 Å². The Morgan fingerprint density at radius 3 is 2.46 bits per heavy atom. The van der Waals surface area contributed by atoms with Crippen LogP contribution in [0.4, 0.5) is 12.9 Å². The zero-order valence-electron chi connectivity index (χ0n) is 7.81. The molecule has 0 aromatic rings. The fraction of sp³-hybridized carbons (Fsp3) is 1.00. The van der Waals surface area contributed by atoms with Crippen molar-refractivity contribution in [3.05, 3.63) is 0 Å². The Morgan fingerprint density at radius 2 is 1.85 bits per heavy atom. The number of nitrogens with zero attached hydrogens (tertiary/aromatic N) is 1. The monoisotopic (exact) mass is 237 g/mol. The van der Waals surface area contributed by atoms with Gasteiger partial charge in [0.05, 0.1) is 0 Å². The molecule has 72 valence electrons. The fourth-order valence-electron chi connectivity index (χ4n) is 1.27. The van der Waals surface area contributed by atoms with Gasteiger partial charge < -0.3 is 17.8 Å². The molecule has 7 heteroatoms. The summed E-state index contributed by atoms with van der Waals surface area (Å²) in [6, 6.07) is 0. The van der Waals surface area contributed by atoms with E-state index in [-0.39, 0.29) is 51.4 Å². The van der Waals surface area contributed by atoms with Crippen molar-refractivity contribution in [1.82, 2.24) is 4.90 Å². The molecule has 1 saturated heterocycles. The molecule has 1 nitrogen and oxygen atoms in total. The zero-order valence-corrected chi connectivity index (χ0v) is 11.7. The van der Waals surface area contributed by atoms with E-state index in [0.29, 0.717) is 13.1 Å². The van der Waals surface area contributed by atoms with Crippen molar-refractivity contribution >= 4 is 18.7 Å². The first-order valence-electron chi connectivity index (χ1n) is 4.09. The van der Waals surface area contributed by atoms with Crippen LogP contribution in [0.3, 0.4) is 0 Å². The third-order valence-electron chi connectivity index (χ3n) is 1.78. The average molecular weight is 237 g/mol. The average Bonchev–Trinajstić information content (AvgIpc) is 2.12. The van der Waals surface area contributed by atoms with Crippen LogP contribution in [0.2, 0.25) is 0 Å². The minimum Gasteiger partial charge on any atom is -0.448 e. The molecule has 13 heavy (non-hydrogen) atoms. The number of halogens is 3. The Bertz CT molecular complexity index is 138. The Labute approximate surface area is 124 Å². The van der Waals surface area contributed by atoms with Gasteiger partial charge in [0.2, 0.25) is 0 Å². The normalized spacial score (nSPS) is 20.5. The molecule has 1 aliphatic heterocycles. The molecule has 0 aliphatic carbocycles. The number of hydrogen-bond donors (Lipinski definition) is 0. The number of thioether (sulfide) groups is 1. The van der Waals surface area contributed by atoms with Crippen molar-refractivity contribution in [3.63, 3.8) is 0 Å². The summed E-state index contributed by atoms with van der Waals surface area (Å²) in [6.07, 6.45) is 0.206. The first-order valence-corrected chi connectivity index (χ1v) is 5.24. The van der Waals surface area contributed by atoms with Crippen LogP contribution in [0.1, 0.15) is 6.42 Å². The summed E-state index contributed by atoms with van der Waals surface area (Å²) in [4.78, 5) is 1.51. The van der Waals surface area contributed by atoms with Gasteiger partial charge in [-0.25, -0.2) is 0 Å². The standard InChI is InChI=1S/C6H12BF3NS.K/c8-7(9,10)6-11-2-1-4-12-5-3-11;/h1-6H2;/q-1;+1. The van der Waals surface area contributed by atoms with Gasteiger partial charge >= 0.3 is 58.4 Å². The molecule has 0 unspecified atom stereocenters. The number of hydrogen-bond acceptors (Lipinski definition) is 2. The summed E-state index contributed by atoms with van der Waals surface area (Å²) in [7, 11) is 0. The van der Waals surface area contributed by atoms with E-state index < -0.39 is 13.4 Å². The summed E-state index contributed by atoms with van der Waals surface area (Å²) in [5.41, 5.74) is 0. The van der Waals surface area contributed by atoms with E-state index in [4.69, 9.17) is 0 Å². The van der Waals surface area contributed by atoms with Crippen LogP contribution in [-0.2, 0) is 0 Å². The quantitative estimate of drug-likeness (QED) is 0.556. The molecule has 0 radical (unpaired) electrons. The van der Waals surface area contributed by atoms with E-state index in [1.807, 2.05) is 0 Å². The first kappa shape index (κ1) is 14.8. The molecule has 1 aliphatic rings. The predicted molar refractivity (Wildman–Crippen MR) is 47.5 cm³/mol. The van der Waals surface area contributed by atoms with E-state index >= 15 is 0 Å². The molecule has 0 atom stereocenters. The third-order valence-corrected chi connectivity index (χ3v) is 2.83. The van der Waals surface area contributed by atoms with Crippen LogP contribution in [0, 0.1) is 0 Å². The Hall–Kier alpha value is 1.80. The summed E-state index contributed by atoms with van der Waals surface area (Å²) >= 11 is 1.74. The largest absolute Gasteiger partial charge is 1.00 e. The van der Waals surface area contributed by atoms with Crippen LogP contribution >= 0.6 is 11.8 Å². The van der Waals surface area contributed by atoms with Crippen molar-refractivity contribution < 1.29 is 64.3 Å². The molecular formula is C6H12BF3KNS. The van der Waals surface area contributed by atoms with Crippen LogP contribution in [0.5, 0.6) is 0 Å². The van der Waals surface area contributed by atoms with E-state index in [1.54, 1.807) is 11.8 Å². The smallest absolute Gasteiger partial charge is 0.448 e. The van der Waals surface area contributed by atoms with Crippen molar-refractivity contribution in [3.8, 4) is 0 Å². The second-order valence-corrected chi connectivity index (χ2v) is 4.20. The van der Waals surface area contributed by atoms with Crippen LogP contribution < -0.4 is 51.4 Å². The maximum absolute atomic E-state index is 12.0. The van der Waals surface area contributed by atoms with Gasteiger partial charge in [0.25, 0.3) is 0 Å². The second kappa shape index (κ2) is 7.14. The molecule has 0 saturated carbocycles. The summed E-state index contributed by atoms with van der Waals surface area (Å²) < 4.78 is 36.0. The topological polar surface area (TPSA) is 3.24 Å². The van der Waals surface area contributed by atoms with Gasteiger partial charge in [-0.1, -0.05) is 0 Å². The Kier molecular flexibility index (Phi) is 8.13. The maximum Gasteiger partial charge on any atom is 1.00 e. The minimum absolute atomic E-state index is 0. The Balaban J connectivity index is 0.00000144. The third kappa shape index (κ3) is 7.70. The molecule has 1 rings (SSSR count). The van der Waals surface area contributed by atoms with E-state index in [1.165, 1.54) is 4.90 Å². The summed E-state index contributed by atoms with van der Waals surface area (Å²) in [6.45, 7) is -3.43. The van der Waals surface area contributed by atoms with Gasteiger partial charge in [0.15, 0.2) is 0 Å². The van der Waals surface area contributed by atoms with Crippen molar-refractivity contribution in [2.24, 2.45) is 0 Å². The molecule has 0 N–H and O–H groups in total. The van der Waals surface area contributed by atoms with Gasteiger partial charge in [-0.05, 0) is 25.2 Å². The molecule has 0 amide bonds. The summed E-state index contributed by atoms with van der Waals surface area (Å²) in [5, 5.41) is 0. The first-order chi connectivity index (χ1) is 5.58. The van der Waals surface area contributed by atoms with Crippen molar-refractivity contribution in [2.75, 3.05) is 31.0 Å². The SMILES string of the molecule is F[B-](F)(F)CN1CCCSCC1.[K+]. The van der Waals surface area contributed by atoms with Crippen LogP contribution in [-0.4, -0.2) is 42.9 Å². The van der Waals surface area contributed by atoms with Crippen molar-refractivity contribution in [2.45, 2.75) is 6.42 Å². The molecule has 0 aromatic carbocycles. The molecule has 1 heterocycles. The molecule has 1 fully saturated rings. The van der Waals surface area contributed by atoms with Gasteiger partial charge in [-0.15, -0.1) is 0 Å². The maximum atomic E-state index is 12.0. The predicted octanol–water partition coefficient (Wildman–Crippen LogP) is -1.18. The van der Waals surface area contributed by atoms with Crippen LogP contribution in [0.25, 0.3) is 0 Å². The van der Waals surface area contributed by atoms with Gasteiger partial charge in [-0.3, -0.25) is 0 Å². The van der Waals surface area contributed by atoms with Crippen LogP contribution in [0.15, 0.2) is 0 Å². The van der Waals surface area contributed by atoms with Gasteiger partial charge in [0, 0.05) is 12.3 Å². The molecule has 0 aromatic heterocycles. The second-order valence-electron chi connectivity index (χ2n) is 2.98. The molecule has 0 bridgehead atoms. The Morgan fingerprint density at radius 1 is 1.15 bits per heavy atom. The van der Waals surface area contributed by atoms with E-state index in [2.05, 4.69) is 0 Å². The number of rotatable bonds is 2. The molecular weight excluding hydrogens is 225 g/mol. The van der Waals surface area contributed by atoms with E-state index in [0.717, 1.165) is 17.9 Å².